The number of carbonyl (C=O) groups is 1. The molecule has 3 aromatic carbocycles. The van der Waals surface area contributed by atoms with Crippen LogP contribution in [0.25, 0.3) is 10.8 Å². The van der Waals surface area contributed by atoms with E-state index in [9.17, 15) is 4.79 Å². The fourth-order valence-corrected chi connectivity index (χ4v) is 3.08. The third-order valence-electron chi connectivity index (χ3n) is 5.47. The standard InChI is InChI=1S/C14H14O3.C11H17N.H2O4S/c1-9(14(15)16)10-3-4-12-8-13(17-2)6-5-11(12)7-10;1-9(10(2)12-3)11-7-5-4-6-8-11;1-5(2,3)4/h3-9H,1-2H3,(H,15,16);4-10,12H,1-3H3;(H2,1,2,3,4)/t;9-,10+;/m.1./s1. The maximum Gasteiger partial charge on any atom is 0.394 e. The molecular formula is C25H33NO7S. The van der Waals surface area contributed by atoms with Crippen LogP contribution in [-0.2, 0) is 15.2 Å². The molecule has 34 heavy (non-hydrogen) atoms. The van der Waals surface area contributed by atoms with Crippen molar-refractivity contribution in [1.29, 1.82) is 0 Å². The maximum atomic E-state index is 10.9. The number of carboxylic acids is 1. The summed E-state index contributed by atoms with van der Waals surface area (Å²) in [4.78, 5) is 10.9. The fraction of sp³-hybridized carbons (Fsp3) is 0.320. The van der Waals surface area contributed by atoms with E-state index in [0.717, 1.165) is 22.1 Å². The molecule has 186 valence electrons. The van der Waals surface area contributed by atoms with Gasteiger partial charge in [0.25, 0.3) is 0 Å². The molecule has 0 aliphatic rings. The van der Waals surface area contributed by atoms with Crippen molar-refractivity contribution in [2.75, 3.05) is 14.2 Å². The molecule has 9 heteroatoms. The quantitative estimate of drug-likeness (QED) is 0.362. The number of benzene rings is 3. The molecule has 0 aromatic heterocycles. The highest BCUT2D eigenvalue weighted by atomic mass is 32.3. The number of hydrogen-bond acceptors (Lipinski definition) is 5. The fourth-order valence-electron chi connectivity index (χ4n) is 3.08. The van der Waals surface area contributed by atoms with E-state index in [4.69, 9.17) is 27.4 Å². The van der Waals surface area contributed by atoms with Crippen molar-refractivity contribution >= 4 is 27.1 Å². The van der Waals surface area contributed by atoms with Gasteiger partial charge >= 0.3 is 16.4 Å². The number of aliphatic carboxylic acids is 1. The van der Waals surface area contributed by atoms with Crippen molar-refractivity contribution in [2.24, 2.45) is 0 Å². The first-order valence-electron chi connectivity index (χ1n) is 10.6. The first kappa shape index (κ1) is 29.1. The maximum absolute atomic E-state index is 10.9. The third-order valence-corrected chi connectivity index (χ3v) is 5.47. The van der Waals surface area contributed by atoms with Crippen LogP contribution in [-0.4, -0.2) is 48.8 Å². The molecule has 8 nitrogen and oxygen atoms in total. The van der Waals surface area contributed by atoms with E-state index in [1.54, 1.807) is 14.0 Å². The van der Waals surface area contributed by atoms with E-state index in [2.05, 4.69) is 49.5 Å². The normalized spacial score (nSPS) is 13.4. The summed E-state index contributed by atoms with van der Waals surface area (Å²) in [5, 5.41) is 14.3. The van der Waals surface area contributed by atoms with Gasteiger partial charge in [-0.05, 0) is 60.8 Å². The van der Waals surface area contributed by atoms with Gasteiger partial charge in [0.2, 0.25) is 0 Å². The number of fused-ring (bicyclic) bond motifs is 1. The molecule has 0 spiro atoms. The molecule has 0 aliphatic carbocycles. The van der Waals surface area contributed by atoms with Crippen molar-refractivity contribution in [1.82, 2.24) is 5.32 Å². The number of rotatable bonds is 6. The zero-order chi connectivity index (χ0) is 25.9. The average Bonchev–Trinajstić information content (AvgIpc) is 2.81. The van der Waals surface area contributed by atoms with Crippen LogP contribution in [0.4, 0.5) is 0 Å². The van der Waals surface area contributed by atoms with Crippen LogP contribution in [0.5, 0.6) is 5.75 Å². The summed E-state index contributed by atoms with van der Waals surface area (Å²) in [6, 6.07) is 22.6. The van der Waals surface area contributed by atoms with Crippen molar-refractivity contribution < 1.29 is 32.2 Å². The van der Waals surface area contributed by atoms with Gasteiger partial charge in [0, 0.05) is 6.04 Å². The number of hydrogen-bond donors (Lipinski definition) is 4. The van der Waals surface area contributed by atoms with Gasteiger partial charge < -0.3 is 15.2 Å². The zero-order valence-electron chi connectivity index (χ0n) is 20.0. The van der Waals surface area contributed by atoms with Gasteiger partial charge in [-0.15, -0.1) is 0 Å². The van der Waals surface area contributed by atoms with Crippen LogP contribution < -0.4 is 10.1 Å². The Balaban J connectivity index is 0.000000296. The Kier molecular flexibility index (Phi) is 11.7. The van der Waals surface area contributed by atoms with Crippen LogP contribution >= 0.6 is 0 Å². The number of ether oxygens (including phenoxy) is 1. The van der Waals surface area contributed by atoms with E-state index >= 15 is 0 Å². The van der Waals surface area contributed by atoms with Crippen LogP contribution in [0.1, 0.15) is 43.7 Å². The van der Waals surface area contributed by atoms with E-state index in [1.807, 2.05) is 43.4 Å². The highest BCUT2D eigenvalue weighted by Crippen LogP contribution is 2.25. The monoisotopic (exact) mass is 491 g/mol. The number of methoxy groups -OCH3 is 1. The smallest absolute Gasteiger partial charge is 0.394 e. The number of likely N-dealkylation sites (N-methyl/N-ethyl adjacent to an activating group) is 1. The SMILES string of the molecule is CN[C@@H](C)[C@@H](C)c1ccccc1.COc1ccc2cc(C(C)C(=O)O)ccc2c1.O=S(=O)(O)O. The molecule has 3 aromatic rings. The second-order valence-corrected chi connectivity index (χ2v) is 8.65. The largest absolute Gasteiger partial charge is 0.497 e. The summed E-state index contributed by atoms with van der Waals surface area (Å²) in [6.45, 7) is 6.14. The molecule has 0 saturated heterocycles. The minimum atomic E-state index is -4.67. The van der Waals surface area contributed by atoms with E-state index in [-0.39, 0.29) is 0 Å². The van der Waals surface area contributed by atoms with Gasteiger partial charge in [-0.25, -0.2) is 0 Å². The predicted molar refractivity (Wildman–Crippen MR) is 134 cm³/mol. The van der Waals surface area contributed by atoms with Crippen molar-refractivity contribution in [3.63, 3.8) is 0 Å². The second-order valence-electron chi connectivity index (χ2n) is 7.76. The molecule has 3 atom stereocenters. The Labute approximate surface area is 201 Å². The second kappa shape index (κ2) is 13.7. The molecule has 1 unspecified atom stereocenters. The summed E-state index contributed by atoms with van der Waals surface area (Å²) in [6.07, 6.45) is 0. The first-order valence-corrected chi connectivity index (χ1v) is 12.0. The Morgan fingerprint density at radius 2 is 1.41 bits per heavy atom. The van der Waals surface area contributed by atoms with Crippen LogP contribution in [0, 0.1) is 0 Å². The van der Waals surface area contributed by atoms with Gasteiger partial charge in [-0.1, -0.05) is 61.5 Å². The Bertz CT molecular complexity index is 1140. The van der Waals surface area contributed by atoms with Crippen molar-refractivity contribution in [2.45, 2.75) is 38.6 Å². The van der Waals surface area contributed by atoms with Gasteiger partial charge in [-0.2, -0.15) is 8.42 Å². The highest BCUT2D eigenvalue weighted by Gasteiger charge is 2.13. The molecule has 0 amide bonds. The predicted octanol–water partition coefficient (Wildman–Crippen LogP) is 4.78. The van der Waals surface area contributed by atoms with E-state index in [0.29, 0.717) is 12.0 Å². The molecule has 0 saturated carbocycles. The summed E-state index contributed by atoms with van der Waals surface area (Å²) in [5.41, 5.74) is 2.22. The Morgan fingerprint density at radius 1 is 0.882 bits per heavy atom. The minimum absolute atomic E-state index is 0.485. The molecule has 0 heterocycles. The molecule has 0 bridgehead atoms. The van der Waals surface area contributed by atoms with Crippen LogP contribution in [0.2, 0.25) is 0 Å². The first-order chi connectivity index (χ1) is 15.9. The van der Waals surface area contributed by atoms with Crippen LogP contribution in [0.15, 0.2) is 66.7 Å². The molecule has 0 aliphatic heterocycles. The lowest BCUT2D eigenvalue weighted by Gasteiger charge is -2.19. The summed E-state index contributed by atoms with van der Waals surface area (Å²) < 4.78 is 36.7. The van der Waals surface area contributed by atoms with Gasteiger partial charge in [-0.3, -0.25) is 13.9 Å². The average molecular weight is 492 g/mol. The van der Waals surface area contributed by atoms with Crippen molar-refractivity contribution in [3.8, 4) is 5.75 Å². The highest BCUT2D eigenvalue weighted by molar-refractivity contribution is 7.79. The topological polar surface area (TPSA) is 133 Å². The third kappa shape index (κ3) is 10.3. The molecular weight excluding hydrogens is 458 g/mol. The van der Waals surface area contributed by atoms with E-state index < -0.39 is 22.3 Å². The Hall–Kier alpha value is -2.98. The number of carboxylic acid groups (broad SMARTS) is 1. The minimum Gasteiger partial charge on any atom is -0.497 e. The lowest BCUT2D eigenvalue weighted by molar-refractivity contribution is -0.138. The summed E-state index contributed by atoms with van der Waals surface area (Å²) >= 11 is 0. The number of nitrogens with one attached hydrogen (secondary N) is 1. The van der Waals surface area contributed by atoms with Gasteiger partial charge in [0.15, 0.2) is 0 Å². The lowest BCUT2D eigenvalue weighted by atomic mass is 9.95. The summed E-state index contributed by atoms with van der Waals surface area (Å²) in [5.74, 6) is 0.0899. The Morgan fingerprint density at radius 3 is 1.91 bits per heavy atom. The molecule has 0 radical (unpaired) electrons. The molecule has 3 rings (SSSR count). The zero-order valence-corrected chi connectivity index (χ0v) is 20.8. The molecule has 0 fully saturated rings. The van der Waals surface area contributed by atoms with Crippen LogP contribution in [0.3, 0.4) is 0 Å². The lowest BCUT2D eigenvalue weighted by Crippen LogP contribution is -2.27. The van der Waals surface area contributed by atoms with Gasteiger partial charge in [0.1, 0.15) is 5.75 Å². The van der Waals surface area contributed by atoms with Crippen molar-refractivity contribution in [3.05, 3.63) is 77.9 Å². The van der Waals surface area contributed by atoms with E-state index in [1.165, 1.54) is 5.56 Å². The van der Waals surface area contributed by atoms with Gasteiger partial charge in [0.05, 0.1) is 13.0 Å². The summed E-state index contributed by atoms with van der Waals surface area (Å²) in [7, 11) is -1.04. The molecule has 4 N–H and O–H groups in total.